The van der Waals surface area contributed by atoms with Crippen molar-refractivity contribution in [2.24, 2.45) is 5.92 Å². The Balaban J connectivity index is 1.50. The molecule has 0 aliphatic heterocycles. The van der Waals surface area contributed by atoms with E-state index in [9.17, 15) is 0 Å². The number of thiophene rings is 1. The Bertz CT molecular complexity index is 1180. The second-order valence-electron chi connectivity index (χ2n) is 8.03. The predicted molar refractivity (Wildman–Crippen MR) is 113 cm³/mol. The molecule has 4 aromatic rings. The molecule has 28 heavy (non-hydrogen) atoms. The van der Waals surface area contributed by atoms with Gasteiger partial charge in [0.05, 0.1) is 11.1 Å². The smallest absolute Gasteiger partial charge is 0.197 e. The van der Waals surface area contributed by atoms with Crippen molar-refractivity contribution in [3.05, 3.63) is 46.4 Å². The fourth-order valence-corrected chi connectivity index (χ4v) is 6.41. The summed E-state index contributed by atoms with van der Waals surface area (Å²) in [6.07, 6.45) is 7.86. The van der Waals surface area contributed by atoms with Gasteiger partial charge in [0.25, 0.3) is 0 Å². The summed E-state index contributed by atoms with van der Waals surface area (Å²) in [5.41, 5.74) is 3.56. The number of hydrogen-bond donors (Lipinski definition) is 0. The van der Waals surface area contributed by atoms with Crippen molar-refractivity contribution >= 4 is 39.0 Å². The zero-order valence-corrected chi connectivity index (χ0v) is 17.4. The quantitative estimate of drug-likeness (QED) is 0.444. The molecule has 1 saturated carbocycles. The minimum Gasteiger partial charge on any atom is -0.260 e. The van der Waals surface area contributed by atoms with Crippen molar-refractivity contribution in [3.63, 3.8) is 0 Å². The van der Waals surface area contributed by atoms with Gasteiger partial charge in [0.15, 0.2) is 10.8 Å². The van der Waals surface area contributed by atoms with Crippen molar-refractivity contribution in [1.82, 2.24) is 24.6 Å². The van der Waals surface area contributed by atoms with Gasteiger partial charge in [0, 0.05) is 22.7 Å². The average molecular weight is 408 g/mol. The van der Waals surface area contributed by atoms with Gasteiger partial charge in [-0.3, -0.25) is 9.38 Å². The molecule has 0 bridgehead atoms. The summed E-state index contributed by atoms with van der Waals surface area (Å²) in [7, 11) is 0. The number of nitrogens with zero attached hydrogens (tertiary/aromatic N) is 5. The minimum absolute atomic E-state index is 0.551. The Morgan fingerprint density at radius 2 is 2.14 bits per heavy atom. The summed E-state index contributed by atoms with van der Waals surface area (Å²) < 4.78 is 2.25. The maximum atomic E-state index is 5.16. The molecule has 1 atom stereocenters. The highest BCUT2D eigenvalue weighted by Crippen LogP contribution is 2.44. The van der Waals surface area contributed by atoms with Crippen LogP contribution in [-0.2, 0) is 18.6 Å². The highest BCUT2D eigenvalue weighted by Gasteiger charge is 2.32. The van der Waals surface area contributed by atoms with Crippen LogP contribution < -0.4 is 0 Å². The molecule has 0 N–H and O–H groups in total. The van der Waals surface area contributed by atoms with Crippen LogP contribution >= 0.6 is 23.1 Å². The number of hydrogen-bond acceptors (Lipinski definition) is 6. The standard InChI is InChI=1S/C21H21N5S2/c1-12-5-8-15-16(10-12)28-20-17(15)19-24-25-21(26(19)18(23-20)13-6-7-13)27-11-14-4-2-3-9-22-14/h2-4,9,12-13H,5-8,10-11H2,1H3. The molecule has 1 fully saturated rings. The van der Waals surface area contributed by atoms with Crippen LogP contribution in [0.1, 0.15) is 54.1 Å². The lowest BCUT2D eigenvalue weighted by Crippen LogP contribution is -2.09. The molecule has 1 unspecified atom stereocenters. The van der Waals surface area contributed by atoms with E-state index in [4.69, 9.17) is 4.98 Å². The number of pyridine rings is 1. The average Bonchev–Trinajstić information content (AvgIpc) is 3.37. The normalized spacial score (nSPS) is 19.4. The molecule has 4 aromatic heterocycles. The van der Waals surface area contributed by atoms with E-state index in [0.717, 1.165) is 40.4 Å². The number of aromatic nitrogens is 5. The van der Waals surface area contributed by atoms with Gasteiger partial charge in [-0.2, -0.15) is 0 Å². The van der Waals surface area contributed by atoms with Gasteiger partial charge in [-0.05, 0) is 55.7 Å². The molecule has 0 spiro atoms. The Kier molecular flexibility index (Phi) is 3.94. The van der Waals surface area contributed by atoms with E-state index in [-0.39, 0.29) is 0 Å². The summed E-state index contributed by atoms with van der Waals surface area (Å²) in [4.78, 5) is 12.3. The lowest BCUT2D eigenvalue weighted by molar-refractivity contribution is 0.509. The van der Waals surface area contributed by atoms with E-state index < -0.39 is 0 Å². The molecular weight excluding hydrogens is 386 g/mol. The zero-order valence-electron chi connectivity index (χ0n) is 15.8. The third-order valence-electron chi connectivity index (χ3n) is 5.81. The number of aryl methyl sites for hydroxylation is 1. The van der Waals surface area contributed by atoms with Gasteiger partial charge in [-0.1, -0.05) is 24.8 Å². The van der Waals surface area contributed by atoms with E-state index >= 15 is 0 Å². The maximum Gasteiger partial charge on any atom is 0.197 e. The highest BCUT2D eigenvalue weighted by molar-refractivity contribution is 7.98. The highest BCUT2D eigenvalue weighted by atomic mass is 32.2. The van der Waals surface area contributed by atoms with Gasteiger partial charge >= 0.3 is 0 Å². The number of rotatable bonds is 4. The third kappa shape index (κ3) is 2.75. The van der Waals surface area contributed by atoms with Crippen LogP contribution in [0.4, 0.5) is 0 Å². The molecule has 4 heterocycles. The molecule has 7 heteroatoms. The van der Waals surface area contributed by atoms with Crippen LogP contribution in [0.5, 0.6) is 0 Å². The molecule has 2 aliphatic rings. The van der Waals surface area contributed by atoms with Crippen molar-refractivity contribution in [1.29, 1.82) is 0 Å². The van der Waals surface area contributed by atoms with Crippen molar-refractivity contribution in [3.8, 4) is 0 Å². The van der Waals surface area contributed by atoms with Gasteiger partial charge < -0.3 is 0 Å². The largest absolute Gasteiger partial charge is 0.260 e. The van der Waals surface area contributed by atoms with Crippen LogP contribution in [0, 0.1) is 5.92 Å². The topological polar surface area (TPSA) is 56.0 Å². The van der Waals surface area contributed by atoms with Gasteiger partial charge in [0.2, 0.25) is 0 Å². The van der Waals surface area contributed by atoms with Gasteiger partial charge in [0.1, 0.15) is 10.7 Å². The Morgan fingerprint density at radius 1 is 1.21 bits per heavy atom. The maximum absolute atomic E-state index is 5.16. The summed E-state index contributed by atoms with van der Waals surface area (Å²) in [6.45, 7) is 2.36. The van der Waals surface area contributed by atoms with Gasteiger partial charge in [-0.15, -0.1) is 21.5 Å². The molecule has 2 aliphatic carbocycles. The molecule has 6 rings (SSSR count). The Labute approximate surface area is 171 Å². The number of fused-ring (bicyclic) bond motifs is 5. The second-order valence-corrected chi connectivity index (χ2v) is 10.1. The van der Waals surface area contributed by atoms with E-state index in [1.807, 2.05) is 29.7 Å². The monoisotopic (exact) mass is 407 g/mol. The SMILES string of the molecule is CC1CCc2c(sc3nc(C4CC4)n4c(SCc5ccccn5)nnc4c23)C1. The lowest BCUT2D eigenvalue weighted by Gasteiger charge is -2.17. The third-order valence-corrected chi connectivity index (χ3v) is 7.92. The summed E-state index contributed by atoms with van der Waals surface area (Å²) in [5.74, 6) is 3.27. The Morgan fingerprint density at radius 3 is 2.96 bits per heavy atom. The Hall–Kier alpha value is -1.99. The molecular formula is C21H21N5S2. The number of thioether (sulfide) groups is 1. The van der Waals surface area contributed by atoms with Gasteiger partial charge in [-0.25, -0.2) is 4.98 Å². The van der Waals surface area contributed by atoms with Crippen LogP contribution in [0.2, 0.25) is 0 Å². The van der Waals surface area contributed by atoms with Crippen LogP contribution in [0.25, 0.3) is 15.9 Å². The minimum atomic E-state index is 0.551. The van der Waals surface area contributed by atoms with Crippen molar-refractivity contribution in [2.75, 3.05) is 0 Å². The van der Waals surface area contributed by atoms with E-state index in [2.05, 4.69) is 32.6 Å². The first kappa shape index (κ1) is 16.9. The second kappa shape index (κ2) is 6.52. The molecule has 0 aromatic carbocycles. The fraction of sp³-hybridized carbons (Fsp3) is 0.429. The summed E-state index contributed by atoms with van der Waals surface area (Å²) in [5, 5.41) is 11.5. The molecule has 0 amide bonds. The first-order valence-electron chi connectivity index (χ1n) is 10.00. The van der Waals surface area contributed by atoms with Crippen LogP contribution in [-0.4, -0.2) is 24.6 Å². The van der Waals surface area contributed by atoms with Crippen molar-refractivity contribution < 1.29 is 0 Å². The zero-order chi connectivity index (χ0) is 18.7. The first-order chi connectivity index (χ1) is 13.8. The van der Waals surface area contributed by atoms with E-state index in [1.54, 1.807) is 11.8 Å². The molecule has 142 valence electrons. The first-order valence-corrected chi connectivity index (χ1v) is 11.8. The van der Waals surface area contributed by atoms with Crippen molar-refractivity contribution in [2.45, 2.75) is 55.9 Å². The summed E-state index contributed by atoms with van der Waals surface area (Å²) >= 11 is 3.60. The van der Waals surface area contributed by atoms with E-state index in [1.165, 1.54) is 46.3 Å². The van der Waals surface area contributed by atoms with Crippen LogP contribution in [0.15, 0.2) is 29.6 Å². The van der Waals surface area contributed by atoms with Crippen LogP contribution in [0.3, 0.4) is 0 Å². The predicted octanol–water partition coefficient (Wildman–Crippen LogP) is 5.03. The summed E-state index contributed by atoms with van der Waals surface area (Å²) in [6, 6.07) is 6.04. The molecule has 0 saturated heterocycles. The lowest BCUT2D eigenvalue weighted by atomic mass is 9.89. The fourth-order valence-electron chi connectivity index (χ4n) is 4.17. The molecule has 0 radical (unpaired) electrons. The van der Waals surface area contributed by atoms with E-state index in [0.29, 0.717) is 5.92 Å². The molecule has 5 nitrogen and oxygen atoms in total.